The molecule has 21 heavy (non-hydrogen) atoms. The largest absolute Gasteiger partial charge is 0.388 e. The Balaban J connectivity index is 1.86. The second-order valence-corrected chi connectivity index (χ2v) is 5.78. The lowest BCUT2D eigenvalue weighted by Crippen LogP contribution is -2.38. The molecule has 2 N–H and O–H groups in total. The van der Waals surface area contributed by atoms with Gasteiger partial charge >= 0.3 is 0 Å². The van der Waals surface area contributed by atoms with E-state index in [4.69, 9.17) is 4.74 Å². The number of rotatable bonds is 3. The van der Waals surface area contributed by atoms with Gasteiger partial charge in [0.1, 0.15) is 0 Å². The van der Waals surface area contributed by atoms with E-state index in [9.17, 15) is 5.11 Å². The van der Waals surface area contributed by atoms with Gasteiger partial charge in [0.15, 0.2) is 0 Å². The third-order valence-corrected chi connectivity index (χ3v) is 3.86. The Kier molecular flexibility index (Phi) is 3.81. The van der Waals surface area contributed by atoms with Gasteiger partial charge in [0.2, 0.25) is 17.8 Å². The zero-order valence-corrected chi connectivity index (χ0v) is 12.5. The van der Waals surface area contributed by atoms with Crippen molar-refractivity contribution in [3.8, 4) is 0 Å². The van der Waals surface area contributed by atoms with Gasteiger partial charge in [-0.05, 0) is 13.3 Å². The van der Waals surface area contributed by atoms with Crippen molar-refractivity contribution in [1.82, 2.24) is 15.0 Å². The average Bonchev–Trinajstić information content (AvgIpc) is 2.88. The standard InChI is InChI=1S/C13H22N6O2/c1-13(20)3-4-19(9-13)12-16-10(14-2)15-11(17-12)18-5-7-21-8-6-18/h20H,3-9H2,1-2H3,(H,14,15,16,17). The molecule has 0 aromatic carbocycles. The van der Waals surface area contributed by atoms with Crippen LogP contribution in [0.5, 0.6) is 0 Å². The van der Waals surface area contributed by atoms with Crippen molar-refractivity contribution in [2.75, 3.05) is 61.6 Å². The molecule has 1 atom stereocenters. The van der Waals surface area contributed by atoms with Gasteiger partial charge in [-0.25, -0.2) is 0 Å². The van der Waals surface area contributed by atoms with E-state index in [1.54, 1.807) is 7.05 Å². The number of aliphatic hydroxyl groups is 1. The number of β-amino-alcohol motifs (C(OH)–C–C–N with tert-alkyl or cyclic N) is 1. The van der Waals surface area contributed by atoms with Gasteiger partial charge in [-0.15, -0.1) is 0 Å². The molecule has 8 nitrogen and oxygen atoms in total. The Morgan fingerprint density at radius 2 is 1.76 bits per heavy atom. The molecule has 116 valence electrons. The van der Waals surface area contributed by atoms with E-state index < -0.39 is 5.60 Å². The predicted molar refractivity (Wildman–Crippen MR) is 79.9 cm³/mol. The molecule has 0 amide bonds. The third kappa shape index (κ3) is 3.16. The molecular formula is C13H22N6O2. The van der Waals surface area contributed by atoms with E-state index >= 15 is 0 Å². The number of anilines is 3. The number of aromatic nitrogens is 3. The van der Waals surface area contributed by atoms with Crippen LogP contribution in [0.4, 0.5) is 17.8 Å². The summed E-state index contributed by atoms with van der Waals surface area (Å²) in [6.07, 6.45) is 0.723. The number of ether oxygens (including phenoxy) is 1. The quantitative estimate of drug-likeness (QED) is 0.786. The molecule has 8 heteroatoms. The fourth-order valence-corrected chi connectivity index (χ4v) is 2.63. The topological polar surface area (TPSA) is 86.6 Å². The highest BCUT2D eigenvalue weighted by Crippen LogP contribution is 2.25. The lowest BCUT2D eigenvalue weighted by molar-refractivity contribution is 0.0838. The monoisotopic (exact) mass is 294 g/mol. The van der Waals surface area contributed by atoms with Crippen molar-refractivity contribution < 1.29 is 9.84 Å². The van der Waals surface area contributed by atoms with Crippen LogP contribution in [0.25, 0.3) is 0 Å². The van der Waals surface area contributed by atoms with Crippen molar-refractivity contribution >= 4 is 17.8 Å². The highest BCUT2D eigenvalue weighted by atomic mass is 16.5. The van der Waals surface area contributed by atoms with Gasteiger partial charge in [-0.1, -0.05) is 0 Å². The molecule has 0 aliphatic carbocycles. The van der Waals surface area contributed by atoms with E-state index in [0.717, 1.165) is 26.1 Å². The number of nitrogens with zero attached hydrogens (tertiary/aromatic N) is 5. The zero-order chi connectivity index (χ0) is 14.9. The molecular weight excluding hydrogens is 272 g/mol. The number of nitrogens with one attached hydrogen (secondary N) is 1. The van der Waals surface area contributed by atoms with Crippen LogP contribution in [0.3, 0.4) is 0 Å². The molecule has 2 fully saturated rings. The van der Waals surface area contributed by atoms with E-state index in [0.29, 0.717) is 37.6 Å². The first-order valence-electron chi connectivity index (χ1n) is 7.31. The maximum absolute atomic E-state index is 10.1. The summed E-state index contributed by atoms with van der Waals surface area (Å²) in [5.74, 6) is 1.83. The Morgan fingerprint density at radius 1 is 1.10 bits per heavy atom. The molecule has 1 unspecified atom stereocenters. The smallest absolute Gasteiger partial charge is 0.232 e. The van der Waals surface area contributed by atoms with E-state index in [-0.39, 0.29) is 0 Å². The zero-order valence-electron chi connectivity index (χ0n) is 12.5. The van der Waals surface area contributed by atoms with Gasteiger partial charge in [0.05, 0.1) is 18.8 Å². The maximum Gasteiger partial charge on any atom is 0.232 e. The van der Waals surface area contributed by atoms with Crippen LogP contribution in [0.2, 0.25) is 0 Å². The number of hydrogen-bond acceptors (Lipinski definition) is 8. The van der Waals surface area contributed by atoms with Crippen molar-refractivity contribution in [3.05, 3.63) is 0 Å². The average molecular weight is 294 g/mol. The molecule has 2 aliphatic rings. The van der Waals surface area contributed by atoms with E-state index in [2.05, 4.69) is 25.2 Å². The molecule has 0 spiro atoms. The summed E-state index contributed by atoms with van der Waals surface area (Å²) in [6, 6.07) is 0. The predicted octanol–water partition coefficient (Wildman–Crippen LogP) is -0.289. The normalized spacial score (nSPS) is 26.2. The highest BCUT2D eigenvalue weighted by molar-refractivity contribution is 5.46. The van der Waals surface area contributed by atoms with Gasteiger partial charge in [0, 0.05) is 33.2 Å². The maximum atomic E-state index is 10.1. The Hall–Kier alpha value is -1.67. The van der Waals surface area contributed by atoms with Gasteiger partial charge in [-0.3, -0.25) is 0 Å². The van der Waals surface area contributed by atoms with Crippen LogP contribution in [0.15, 0.2) is 0 Å². The van der Waals surface area contributed by atoms with Gasteiger partial charge in [-0.2, -0.15) is 15.0 Å². The van der Waals surface area contributed by atoms with Crippen molar-refractivity contribution in [1.29, 1.82) is 0 Å². The summed E-state index contributed by atoms with van der Waals surface area (Å²) in [7, 11) is 1.79. The second kappa shape index (κ2) is 5.61. The second-order valence-electron chi connectivity index (χ2n) is 5.78. The van der Waals surface area contributed by atoms with Crippen LogP contribution in [0, 0.1) is 0 Å². The van der Waals surface area contributed by atoms with Crippen molar-refractivity contribution in [2.24, 2.45) is 0 Å². The van der Waals surface area contributed by atoms with Crippen LogP contribution in [0.1, 0.15) is 13.3 Å². The summed E-state index contributed by atoms with van der Waals surface area (Å²) in [5, 5.41) is 13.1. The molecule has 2 aliphatic heterocycles. The first-order valence-corrected chi connectivity index (χ1v) is 7.31. The molecule has 2 saturated heterocycles. The van der Waals surface area contributed by atoms with Crippen LogP contribution in [-0.2, 0) is 4.74 Å². The lowest BCUT2D eigenvalue weighted by Gasteiger charge is -2.28. The molecule has 3 heterocycles. The lowest BCUT2D eigenvalue weighted by atomic mass is 10.1. The third-order valence-electron chi connectivity index (χ3n) is 3.86. The molecule has 3 rings (SSSR count). The van der Waals surface area contributed by atoms with E-state index in [1.165, 1.54) is 0 Å². The fourth-order valence-electron chi connectivity index (χ4n) is 2.63. The minimum atomic E-state index is -0.675. The molecule has 1 aromatic heterocycles. The van der Waals surface area contributed by atoms with Crippen molar-refractivity contribution in [2.45, 2.75) is 18.9 Å². The van der Waals surface area contributed by atoms with Crippen LogP contribution < -0.4 is 15.1 Å². The van der Waals surface area contributed by atoms with Gasteiger partial charge in [0.25, 0.3) is 0 Å². The minimum absolute atomic E-state index is 0.544. The summed E-state index contributed by atoms with van der Waals surface area (Å²) >= 11 is 0. The summed E-state index contributed by atoms with van der Waals surface area (Å²) < 4.78 is 5.36. The van der Waals surface area contributed by atoms with Crippen molar-refractivity contribution in [3.63, 3.8) is 0 Å². The summed E-state index contributed by atoms with van der Waals surface area (Å²) in [5.41, 5.74) is -0.675. The Morgan fingerprint density at radius 3 is 2.33 bits per heavy atom. The fraction of sp³-hybridized carbons (Fsp3) is 0.769. The molecule has 1 aromatic rings. The first-order chi connectivity index (χ1) is 10.1. The molecule has 0 saturated carbocycles. The highest BCUT2D eigenvalue weighted by Gasteiger charge is 2.33. The van der Waals surface area contributed by atoms with Crippen LogP contribution >= 0.6 is 0 Å². The minimum Gasteiger partial charge on any atom is -0.388 e. The Labute approximate surface area is 124 Å². The SMILES string of the molecule is CNc1nc(N2CCOCC2)nc(N2CCC(C)(O)C2)n1. The van der Waals surface area contributed by atoms with E-state index in [1.807, 2.05) is 11.8 Å². The molecule has 0 radical (unpaired) electrons. The van der Waals surface area contributed by atoms with Crippen LogP contribution in [-0.4, -0.2) is 72.1 Å². The van der Waals surface area contributed by atoms with Gasteiger partial charge < -0.3 is 25.0 Å². The first kappa shape index (κ1) is 14.3. The summed E-state index contributed by atoms with van der Waals surface area (Å²) in [6.45, 7) is 6.08. The number of morpholine rings is 1. The number of hydrogen-bond donors (Lipinski definition) is 2. The molecule has 0 bridgehead atoms. The Bertz CT molecular complexity index is 503. The summed E-state index contributed by atoms with van der Waals surface area (Å²) in [4.78, 5) is 17.5.